The van der Waals surface area contributed by atoms with Gasteiger partial charge in [0.1, 0.15) is 11.0 Å². The molecule has 0 saturated carbocycles. The molecular weight excluding hydrogens is 529 g/mol. The Kier molecular flexibility index (Phi) is 5.24. The van der Waals surface area contributed by atoms with Crippen LogP contribution in [0.15, 0.2) is 133 Å². The Bertz CT molecular complexity index is 2190. The van der Waals surface area contributed by atoms with Crippen LogP contribution in [0.3, 0.4) is 0 Å². The Balaban J connectivity index is 1.38. The molecule has 0 aliphatic heterocycles. The van der Waals surface area contributed by atoms with Gasteiger partial charge in [0.15, 0.2) is 12.1 Å². The third-order valence-electron chi connectivity index (χ3n) is 7.51. The van der Waals surface area contributed by atoms with Crippen molar-refractivity contribution in [2.75, 3.05) is 0 Å². The van der Waals surface area contributed by atoms with Crippen LogP contribution in [0.2, 0.25) is 0 Å². The quantitative estimate of drug-likeness (QED) is 0.212. The highest BCUT2D eigenvalue weighted by molar-refractivity contribution is 7.85. The van der Waals surface area contributed by atoms with E-state index in [0.29, 0.717) is 0 Å². The second kappa shape index (κ2) is 8.99. The number of nitrogens with zero attached hydrogens (tertiary/aromatic N) is 3. The molecule has 0 radical (unpaired) electrons. The first kappa shape index (κ1) is 23.3. The van der Waals surface area contributed by atoms with Crippen molar-refractivity contribution in [3.05, 3.63) is 133 Å². The first-order chi connectivity index (χ1) is 19.7. The maximum absolute atomic E-state index is 14.9. The molecule has 0 aliphatic rings. The molecular formula is C34H22N3OPS. The van der Waals surface area contributed by atoms with Crippen LogP contribution in [0, 0.1) is 0 Å². The summed E-state index contributed by atoms with van der Waals surface area (Å²) in [5, 5.41) is 3.48. The summed E-state index contributed by atoms with van der Waals surface area (Å²) in [7, 11) is -3.06. The molecule has 4 nitrogen and oxygen atoms in total. The van der Waals surface area contributed by atoms with Crippen molar-refractivity contribution in [3.63, 3.8) is 0 Å². The monoisotopic (exact) mass is 551 g/mol. The van der Waals surface area contributed by atoms with Crippen molar-refractivity contribution >= 4 is 71.5 Å². The van der Waals surface area contributed by atoms with Crippen LogP contribution < -0.4 is 15.9 Å². The normalized spacial score (nSPS) is 12.1. The summed E-state index contributed by atoms with van der Waals surface area (Å²) in [5.41, 5.74) is 5.80. The number of hydrogen-bond donors (Lipinski definition) is 0. The Morgan fingerprint density at radius 2 is 1.20 bits per heavy atom. The van der Waals surface area contributed by atoms with Crippen LogP contribution >= 0.6 is 18.5 Å². The van der Waals surface area contributed by atoms with E-state index < -0.39 is 7.14 Å². The van der Waals surface area contributed by atoms with Crippen LogP contribution in [0.25, 0.3) is 48.4 Å². The Morgan fingerprint density at radius 3 is 1.93 bits per heavy atom. The van der Waals surface area contributed by atoms with Crippen molar-refractivity contribution in [1.29, 1.82) is 0 Å². The number of thiazole rings is 1. The van der Waals surface area contributed by atoms with Crippen LogP contribution in [-0.2, 0) is 4.57 Å². The van der Waals surface area contributed by atoms with E-state index in [9.17, 15) is 4.57 Å². The van der Waals surface area contributed by atoms with E-state index in [-0.39, 0.29) is 0 Å². The molecule has 0 amide bonds. The smallest absolute Gasteiger partial charge is 0.195 e. The summed E-state index contributed by atoms with van der Waals surface area (Å²) in [5.74, 6) is 0. The van der Waals surface area contributed by atoms with Crippen LogP contribution in [0.4, 0.5) is 0 Å². The number of fused-ring (bicyclic) bond motifs is 7. The van der Waals surface area contributed by atoms with Crippen molar-refractivity contribution in [1.82, 2.24) is 14.4 Å². The predicted octanol–water partition coefficient (Wildman–Crippen LogP) is 7.56. The summed E-state index contributed by atoms with van der Waals surface area (Å²) in [6, 6.07) is 44.2. The van der Waals surface area contributed by atoms with E-state index in [1.54, 1.807) is 11.3 Å². The first-order valence-corrected chi connectivity index (χ1v) is 15.6. The molecule has 0 atom stereocenters. The lowest BCUT2D eigenvalue weighted by atomic mass is 10.1. The largest absolute Gasteiger partial charge is 0.309 e. The highest BCUT2D eigenvalue weighted by atomic mass is 32.1. The molecule has 0 saturated heterocycles. The first-order valence-electron chi connectivity index (χ1n) is 13.1. The van der Waals surface area contributed by atoms with E-state index in [2.05, 4.69) is 46.9 Å². The van der Waals surface area contributed by atoms with Gasteiger partial charge in [-0.05, 0) is 18.2 Å². The Morgan fingerprint density at radius 1 is 0.600 bits per heavy atom. The van der Waals surface area contributed by atoms with E-state index in [4.69, 9.17) is 9.97 Å². The lowest BCUT2D eigenvalue weighted by Crippen LogP contribution is -2.24. The molecule has 190 valence electrons. The standard InChI is InChI=1S/C34H22N3OPS/c38-39(24-11-3-1-4-12-24,25-13-5-2-6-14-25)26-21-19-23(20-22-26)31-33-32(27-15-7-8-16-28(27)35-31)36-34-37(33)29-17-9-10-18-30(29)40-34/h1-22H. The minimum absolute atomic E-state index is 0.796. The number of benzene rings is 5. The summed E-state index contributed by atoms with van der Waals surface area (Å²) in [4.78, 5) is 11.2. The fraction of sp³-hybridized carbons (Fsp3) is 0. The van der Waals surface area contributed by atoms with Crippen molar-refractivity contribution in [2.45, 2.75) is 0 Å². The van der Waals surface area contributed by atoms with Crippen molar-refractivity contribution in [2.24, 2.45) is 0 Å². The predicted molar refractivity (Wildman–Crippen MR) is 168 cm³/mol. The van der Waals surface area contributed by atoms with Crippen molar-refractivity contribution < 1.29 is 4.57 Å². The Hall–Kier alpha value is -4.57. The molecule has 40 heavy (non-hydrogen) atoms. The zero-order chi connectivity index (χ0) is 26.7. The van der Waals surface area contributed by atoms with Gasteiger partial charge >= 0.3 is 0 Å². The minimum Gasteiger partial charge on any atom is -0.309 e. The fourth-order valence-electron chi connectivity index (χ4n) is 5.62. The van der Waals surface area contributed by atoms with Crippen molar-refractivity contribution in [3.8, 4) is 11.3 Å². The molecule has 0 aliphatic carbocycles. The molecule has 0 spiro atoms. The maximum Gasteiger partial charge on any atom is 0.195 e. The topological polar surface area (TPSA) is 47.3 Å². The zero-order valence-corrected chi connectivity index (χ0v) is 23.0. The number of hydrogen-bond acceptors (Lipinski definition) is 4. The van der Waals surface area contributed by atoms with Gasteiger partial charge in [-0.2, -0.15) is 0 Å². The van der Waals surface area contributed by atoms with Gasteiger partial charge in [-0.3, -0.25) is 4.40 Å². The average Bonchev–Trinajstić information content (AvgIpc) is 3.58. The number of para-hydroxylation sites is 2. The van der Waals surface area contributed by atoms with E-state index in [1.807, 2.05) is 91.0 Å². The zero-order valence-electron chi connectivity index (χ0n) is 21.3. The fourth-order valence-corrected chi connectivity index (χ4v) is 9.30. The highest BCUT2D eigenvalue weighted by Crippen LogP contribution is 2.43. The van der Waals surface area contributed by atoms with Gasteiger partial charge in [-0.1, -0.05) is 127 Å². The van der Waals surface area contributed by atoms with Gasteiger partial charge in [0.25, 0.3) is 0 Å². The lowest BCUT2D eigenvalue weighted by molar-refractivity contribution is 0.592. The van der Waals surface area contributed by atoms with Gasteiger partial charge in [0, 0.05) is 26.9 Å². The maximum atomic E-state index is 14.9. The van der Waals surface area contributed by atoms with E-state index in [0.717, 1.165) is 59.6 Å². The van der Waals surface area contributed by atoms with Gasteiger partial charge < -0.3 is 4.57 Å². The molecule has 8 aromatic rings. The number of rotatable bonds is 4. The molecule has 6 heteroatoms. The molecule has 0 N–H and O–H groups in total. The summed E-state index contributed by atoms with van der Waals surface area (Å²) < 4.78 is 18.3. The van der Waals surface area contributed by atoms with Crippen LogP contribution in [0.5, 0.6) is 0 Å². The summed E-state index contributed by atoms with van der Waals surface area (Å²) in [6.07, 6.45) is 0. The second-order valence-electron chi connectivity index (χ2n) is 9.80. The number of pyridine rings is 1. The summed E-state index contributed by atoms with van der Waals surface area (Å²) in [6.45, 7) is 0. The second-order valence-corrected chi connectivity index (χ2v) is 13.6. The minimum atomic E-state index is -3.06. The highest BCUT2D eigenvalue weighted by Gasteiger charge is 2.29. The molecule has 5 aromatic carbocycles. The molecule has 0 fully saturated rings. The van der Waals surface area contributed by atoms with Crippen LogP contribution in [-0.4, -0.2) is 14.4 Å². The number of imidazole rings is 1. The third kappa shape index (κ3) is 3.42. The van der Waals surface area contributed by atoms with Gasteiger partial charge in [0.2, 0.25) is 0 Å². The van der Waals surface area contributed by atoms with Gasteiger partial charge in [-0.15, -0.1) is 0 Å². The SMILES string of the molecule is O=P(c1ccccc1)(c1ccccc1)c1ccc(-c2nc3ccccc3c3nc4sc5ccccc5n4c23)cc1. The molecule has 3 aromatic heterocycles. The van der Waals surface area contributed by atoms with Gasteiger partial charge in [-0.25, -0.2) is 9.97 Å². The number of aromatic nitrogens is 3. The lowest BCUT2D eigenvalue weighted by Gasteiger charge is -2.20. The molecule has 3 heterocycles. The molecule has 0 unspecified atom stereocenters. The molecule has 0 bridgehead atoms. The third-order valence-corrected chi connectivity index (χ3v) is 11.6. The van der Waals surface area contributed by atoms with Gasteiger partial charge in [0.05, 0.1) is 21.4 Å². The average molecular weight is 552 g/mol. The Labute approximate surface area is 234 Å². The van der Waals surface area contributed by atoms with Crippen LogP contribution in [0.1, 0.15) is 0 Å². The summed E-state index contributed by atoms with van der Waals surface area (Å²) >= 11 is 1.69. The van der Waals surface area contributed by atoms with E-state index in [1.165, 1.54) is 4.70 Å². The van der Waals surface area contributed by atoms with E-state index >= 15 is 0 Å². The molecule has 8 rings (SSSR count).